The second-order valence-corrected chi connectivity index (χ2v) is 9.06. The molecule has 0 saturated heterocycles. The number of nitrogens with zero attached hydrogens (tertiary/aromatic N) is 1. The lowest BCUT2D eigenvalue weighted by Gasteiger charge is -2.12. The number of sulfone groups is 1. The van der Waals surface area contributed by atoms with Crippen molar-refractivity contribution in [2.24, 2.45) is 0 Å². The van der Waals surface area contributed by atoms with Crippen LogP contribution in [0.25, 0.3) is 11.1 Å². The predicted molar refractivity (Wildman–Crippen MR) is 102 cm³/mol. The number of aliphatic hydroxyl groups is 1. The number of aryl methyl sites for hydroxylation is 2. The molecule has 1 heterocycles. The number of pyridine rings is 1. The summed E-state index contributed by atoms with van der Waals surface area (Å²) in [6.07, 6.45) is 3.35. The second-order valence-electron chi connectivity index (χ2n) is 6.59. The van der Waals surface area contributed by atoms with E-state index in [1.165, 1.54) is 5.56 Å². The van der Waals surface area contributed by atoms with Gasteiger partial charge >= 0.3 is 0 Å². The molecule has 1 N–H and O–H groups in total. The smallest absolute Gasteiger partial charge is 0.213 e. The minimum absolute atomic E-state index is 0.0257. The molecule has 0 saturated carbocycles. The van der Waals surface area contributed by atoms with E-state index >= 15 is 0 Å². The Morgan fingerprint density at radius 2 is 2.00 bits per heavy atom. The van der Waals surface area contributed by atoms with E-state index in [0.29, 0.717) is 18.9 Å². The summed E-state index contributed by atoms with van der Waals surface area (Å²) in [7, 11) is -2.95. The molecule has 1 aromatic heterocycles. The van der Waals surface area contributed by atoms with E-state index in [0.717, 1.165) is 41.6 Å². The first kappa shape index (κ1) is 18.9. The zero-order valence-corrected chi connectivity index (χ0v) is 15.9. The van der Waals surface area contributed by atoms with Crippen molar-refractivity contribution in [3.05, 3.63) is 47.2 Å². The average Bonchev–Trinajstić information content (AvgIpc) is 2.83. The molecule has 0 radical (unpaired) electrons. The first-order chi connectivity index (χ1) is 12.5. The zero-order chi connectivity index (χ0) is 18.6. The molecule has 140 valence electrons. The normalized spacial score (nSPS) is 13.6. The lowest BCUT2D eigenvalue weighted by atomic mass is 9.97. The Morgan fingerprint density at radius 3 is 2.77 bits per heavy atom. The van der Waals surface area contributed by atoms with Crippen molar-refractivity contribution in [2.75, 3.05) is 18.1 Å². The molecule has 0 fully saturated rings. The molecule has 26 heavy (non-hydrogen) atoms. The summed E-state index contributed by atoms with van der Waals surface area (Å²) in [5, 5.41) is 9.42. The van der Waals surface area contributed by atoms with E-state index in [-0.39, 0.29) is 18.1 Å². The number of hydrogen-bond acceptors (Lipinski definition) is 5. The highest BCUT2D eigenvalue weighted by molar-refractivity contribution is 7.91. The summed E-state index contributed by atoms with van der Waals surface area (Å²) >= 11 is 0. The van der Waals surface area contributed by atoms with E-state index in [1.54, 1.807) is 6.92 Å². The summed E-state index contributed by atoms with van der Waals surface area (Å²) in [5.74, 6) is 0.852. The highest BCUT2D eigenvalue weighted by Gasteiger charge is 2.17. The van der Waals surface area contributed by atoms with Crippen LogP contribution >= 0.6 is 0 Å². The van der Waals surface area contributed by atoms with Crippen molar-refractivity contribution in [3.63, 3.8) is 0 Å². The number of fused-ring (bicyclic) bond motifs is 3. The topological polar surface area (TPSA) is 76.5 Å². The molecule has 6 heteroatoms. The summed E-state index contributed by atoms with van der Waals surface area (Å²) in [5.41, 5.74) is 5.40. The van der Waals surface area contributed by atoms with E-state index in [2.05, 4.69) is 11.1 Å². The van der Waals surface area contributed by atoms with Crippen LogP contribution in [0.1, 0.15) is 36.6 Å². The third kappa shape index (κ3) is 4.43. The first-order valence-corrected chi connectivity index (χ1v) is 10.9. The first-order valence-electron chi connectivity index (χ1n) is 9.08. The van der Waals surface area contributed by atoms with Crippen LogP contribution in [0.5, 0.6) is 5.88 Å². The Kier molecular flexibility index (Phi) is 5.94. The monoisotopic (exact) mass is 375 g/mol. The van der Waals surface area contributed by atoms with Crippen LogP contribution in [-0.2, 0) is 29.3 Å². The Balaban J connectivity index is 1.75. The Bertz CT molecular complexity index is 877. The molecule has 1 aliphatic carbocycles. The number of ether oxygens (including phenoxy) is 1. The largest absolute Gasteiger partial charge is 0.478 e. The van der Waals surface area contributed by atoms with Gasteiger partial charge in [-0.05, 0) is 54.5 Å². The second kappa shape index (κ2) is 8.18. The van der Waals surface area contributed by atoms with E-state index in [9.17, 15) is 13.5 Å². The summed E-state index contributed by atoms with van der Waals surface area (Å²) in [6, 6.07) is 9.96. The van der Waals surface area contributed by atoms with E-state index in [1.807, 2.05) is 24.3 Å². The van der Waals surface area contributed by atoms with Crippen LogP contribution in [0.3, 0.4) is 0 Å². The van der Waals surface area contributed by atoms with Crippen LogP contribution in [0.4, 0.5) is 0 Å². The van der Waals surface area contributed by atoms with Crippen molar-refractivity contribution < 1.29 is 18.3 Å². The summed E-state index contributed by atoms with van der Waals surface area (Å²) in [6.45, 7) is 2.03. The van der Waals surface area contributed by atoms with Gasteiger partial charge in [0, 0.05) is 17.4 Å². The van der Waals surface area contributed by atoms with Gasteiger partial charge in [-0.25, -0.2) is 13.4 Å². The lowest BCUT2D eigenvalue weighted by molar-refractivity contribution is 0.282. The van der Waals surface area contributed by atoms with Crippen LogP contribution in [0.2, 0.25) is 0 Å². The van der Waals surface area contributed by atoms with Gasteiger partial charge in [0.2, 0.25) is 5.88 Å². The van der Waals surface area contributed by atoms with Gasteiger partial charge in [0.25, 0.3) is 0 Å². The van der Waals surface area contributed by atoms with Crippen LogP contribution < -0.4 is 4.74 Å². The van der Waals surface area contributed by atoms with Crippen LogP contribution in [0.15, 0.2) is 30.3 Å². The predicted octanol–water partition coefficient (Wildman–Crippen LogP) is 2.93. The molecule has 2 aromatic rings. The zero-order valence-electron chi connectivity index (χ0n) is 15.1. The van der Waals surface area contributed by atoms with Gasteiger partial charge in [-0.15, -0.1) is 0 Å². The Morgan fingerprint density at radius 1 is 1.15 bits per heavy atom. The van der Waals surface area contributed by atoms with Crippen molar-refractivity contribution >= 4 is 9.84 Å². The van der Waals surface area contributed by atoms with Gasteiger partial charge < -0.3 is 9.84 Å². The van der Waals surface area contributed by atoms with Gasteiger partial charge in [0.05, 0.1) is 24.7 Å². The lowest BCUT2D eigenvalue weighted by Crippen LogP contribution is -2.12. The Labute approximate surface area is 155 Å². The highest BCUT2D eigenvalue weighted by Crippen LogP contribution is 2.33. The minimum Gasteiger partial charge on any atom is -0.478 e. The van der Waals surface area contributed by atoms with Gasteiger partial charge in [-0.1, -0.05) is 19.1 Å². The van der Waals surface area contributed by atoms with Gasteiger partial charge in [-0.3, -0.25) is 0 Å². The molecular weight excluding hydrogens is 350 g/mol. The minimum atomic E-state index is -2.95. The van der Waals surface area contributed by atoms with E-state index < -0.39 is 9.84 Å². The fourth-order valence-electron chi connectivity index (χ4n) is 3.23. The maximum absolute atomic E-state index is 11.5. The van der Waals surface area contributed by atoms with Gasteiger partial charge in [0.15, 0.2) is 0 Å². The Hall–Kier alpha value is -1.92. The molecule has 0 aliphatic heterocycles. The number of aromatic nitrogens is 1. The number of aliphatic hydroxyl groups excluding tert-OH is 1. The maximum atomic E-state index is 11.5. The van der Waals surface area contributed by atoms with Crippen molar-refractivity contribution in [3.8, 4) is 17.0 Å². The number of hydrogen-bond donors (Lipinski definition) is 1. The fourth-order valence-corrected chi connectivity index (χ4v) is 4.08. The third-order valence-corrected chi connectivity index (χ3v) is 6.54. The van der Waals surface area contributed by atoms with Gasteiger partial charge in [-0.2, -0.15) is 0 Å². The molecule has 0 bridgehead atoms. The highest BCUT2D eigenvalue weighted by atomic mass is 32.2. The molecule has 5 nitrogen and oxygen atoms in total. The van der Waals surface area contributed by atoms with Crippen molar-refractivity contribution in [2.45, 2.75) is 39.2 Å². The molecule has 3 rings (SSSR count). The quantitative estimate of drug-likeness (QED) is 0.753. The van der Waals surface area contributed by atoms with E-state index in [4.69, 9.17) is 4.74 Å². The average molecular weight is 375 g/mol. The maximum Gasteiger partial charge on any atom is 0.213 e. The fraction of sp³-hybridized carbons (Fsp3) is 0.450. The number of rotatable bonds is 7. The third-order valence-electron chi connectivity index (χ3n) is 4.74. The molecule has 0 unspecified atom stereocenters. The molecule has 0 atom stereocenters. The van der Waals surface area contributed by atoms with Crippen LogP contribution in [-0.4, -0.2) is 36.6 Å². The summed E-state index contributed by atoms with van der Waals surface area (Å²) in [4.78, 5) is 4.65. The number of benzene rings is 1. The standard InChI is InChI=1S/C20H25NO4S/c1-2-26(23,24)12-4-11-25-20-10-9-17-18-13-15(14-22)7-8-16(18)5-3-6-19(17)21-20/h7-10,13,22H,2-6,11-12,14H2,1H3. The molecule has 0 amide bonds. The SMILES string of the molecule is CCS(=O)(=O)CCCOc1ccc2c(n1)CCCc1ccc(CO)cc1-2. The van der Waals surface area contributed by atoms with Crippen molar-refractivity contribution in [1.82, 2.24) is 4.98 Å². The van der Waals surface area contributed by atoms with Crippen LogP contribution in [0, 0.1) is 0 Å². The van der Waals surface area contributed by atoms with Crippen molar-refractivity contribution in [1.29, 1.82) is 0 Å². The summed E-state index contributed by atoms with van der Waals surface area (Å²) < 4.78 is 28.7. The van der Waals surface area contributed by atoms with Gasteiger partial charge in [0.1, 0.15) is 9.84 Å². The molecule has 1 aliphatic rings. The molecular formula is C20H25NO4S. The molecule has 0 spiro atoms. The molecule has 1 aromatic carbocycles.